The number of carbonyl (C=O) groups is 4. The molecule has 0 spiro atoms. The monoisotopic (exact) mass is 857 g/mol. The van der Waals surface area contributed by atoms with E-state index in [1.54, 1.807) is 86.4 Å². The maximum atomic E-state index is 12.3. The van der Waals surface area contributed by atoms with Crippen LogP contribution in [0.1, 0.15) is 38.5 Å². The lowest BCUT2D eigenvalue weighted by Gasteiger charge is -2.25. The molecule has 50 heavy (non-hydrogen) atoms. The second-order valence-electron chi connectivity index (χ2n) is 10.5. The Morgan fingerprint density at radius 1 is 0.420 bits per heavy atom. The molecule has 0 bridgehead atoms. The Morgan fingerprint density at radius 3 is 0.920 bits per heavy atom. The molecule has 0 unspecified atom stereocenters. The molecule has 0 aliphatic heterocycles. The van der Waals surface area contributed by atoms with Crippen LogP contribution < -0.4 is 0 Å². The predicted molar refractivity (Wildman–Crippen MR) is 226 cm³/mol. The van der Waals surface area contributed by atoms with Crippen molar-refractivity contribution in [2.75, 3.05) is 134 Å². The minimum Gasteiger partial charge on any atom is -0.465 e. The van der Waals surface area contributed by atoms with Crippen molar-refractivity contribution in [1.29, 1.82) is 0 Å². The molecule has 0 N–H and O–H groups in total. The van der Waals surface area contributed by atoms with E-state index in [2.05, 4.69) is 21.7 Å². The van der Waals surface area contributed by atoms with E-state index >= 15 is 0 Å². The van der Waals surface area contributed by atoms with Gasteiger partial charge in [-0.2, -0.15) is 0 Å². The lowest BCUT2D eigenvalue weighted by atomic mass is 10.2. The van der Waals surface area contributed by atoms with Gasteiger partial charge in [0.05, 0.1) is 25.7 Å². The van der Waals surface area contributed by atoms with Gasteiger partial charge in [0, 0.05) is 49.2 Å². The highest BCUT2D eigenvalue weighted by Crippen LogP contribution is 2.17. The molecule has 0 aromatic rings. The third kappa shape index (κ3) is 34.3. The molecule has 11 nitrogen and oxygen atoms in total. The summed E-state index contributed by atoms with van der Waals surface area (Å²) in [5.41, 5.74) is 0. The van der Waals surface area contributed by atoms with E-state index in [1.807, 2.05) is 25.0 Å². The van der Waals surface area contributed by atoms with Crippen LogP contribution in [0.15, 0.2) is 0 Å². The molecule has 0 saturated heterocycles. The molecule has 0 atom stereocenters. The van der Waals surface area contributed by atoms with Gasteiger partial charge in [-0.3, -0.25) is 19.2 Å². The minimum absolute atomic E-state index is 0.222. The molecule has 0 fully saturated rings. The van der Waals surface area contributed by atoms with Crippen molar-refractivity contribution in [2.24, 2.45) is 0 Å². The highest BCUT2D eigenvalue weighted by atomic mass is 33.1. The van der Waals surface area contributed by atoms with Crippen LogP contribution >= 0.6 is 86.4 Å². The number of hydrogen-bond donors (Lipinski definition) is 0. The first-order valence-corrected chi connectivity index (χ1v) is 27.5. The zero-order valence-corrected chi connectivity index (χ0v) is 37.0. The first-order chi connectivity index (χ1) is 24.2. The van der Waals surface area contributed by atoms with Crippen LogP contribution in [-0.2, 0) is 38.1 Å². The quantitative estimate of drug-likeness (QED) is 0.0314. The van der Waals surface area contributed by atoms with Crippen molar-refractivity contribution in [3.05, 3.63) is 0 Å². The first kappa shape index (κ1) is 50.6. The van der Waals surface area contributed by atoms with E-state index in [0.717, 1.165) is 62.0 Å². The Hall–Kier alpha value is 0.560. The average Bonchev–Trinajstić information content (AvgIpc) is 3.10. The second kappa shape index (κ2) is 37.9. The highest BCUT2D eigenvalue weighted by Gasteiger charge is 2.15. The zero-order valence-electron chi connectivity index (χ0n) is 30.4. The molecule has 0 rings (SSSR count). The Kier molecular flexibility index (Phi) is 38.3. The third-order valence-electron chi connectivity index (χ3n) is 6.75. The Bertz CT molecular complexity index is 751. The van der Waals surface area contributed by atoms with Gasteiger partial charge in [0.1, 0.15) is 26.4 Å². The van der Waals surface area contributed by atoms with Gasteiger partial charge in [-0.25, -0.2) is 0 Å². The van der Waals surface area contributed by atoms with Crippen LogP contribution in [0.25, 0.3) is 0 Å². The van der Waals surface area contributed by atoms with E-state index in [0.29, 0.717) is 52.6 Å². The summed E-state index contributed by atoms with van der Waals surface area (Å²) in [6, 6.07) is 0. The Labute approximate surface area is 333 Å². The smallest absolute Gasteiger partial charge is 0.307 e. The van der Waals surface area contributed by atoms with Gasteiger partial charge in [-0.15, -0.1) is 0 Å². The summed E-state index contributed by atoms with van der Waals surface area (Å²) < 4.78 is 21.4. The largest absolute Gasteiger partial charge is 0.465 e. The number of rotatable bonds is 36. The van der Waals surface area contributed by atoms with E-state index in [9.17, 15) is 19.2 Å². The van der Waals surface area contributed by atoms with Crippen molar-refractivity contribution in [3.63, 3.8) is 0 Å². The summed E-state index contributed by atoms with van der Waals surface area (Å²) in [6.45, 7) is 6.91. The fraction of sp³-hybridized carbons (Fsp3) is 0.871. The first-order valence-electron chi connectivity index (χ1n) is 16.6. The third-order valence-corrected chi connectivity index (χ3v) is 13.9. The maximum absolute atomic E-state index is 12.3. The molecule has 0 aromatic heterocycles. The van der Waals surface area contributed by atoms with Crippen LogP contribution in [0, 0.1) is 0 Å². The van der Waals surface area contributed by atoms with Crippen molar-refractivity contribution < 1.29 is 38.1 Å². The van der Waals surface area contributed by atoms with Crippen LogP contribution in [0.4, 0.5) is 0 Å². The number of nitrogens with zero attached hydrogens (tertiary/aromatic N) is 3. The van der Waals surface area contributed by atoms with Gasteiger partial charge in [0.15, 0.2) is 0 Å². The molecule has 0 saturated carbocycles. The lowest BCUT2D eigenvalue weighted by molar-refractivity contribution is -0.145. The van der Waals surface area contributed by atoms with Crippen molar-refractivity contribution in [1.82, 2.24) is 14.7 Å². The molecular formula is C31H59N3O8S8. The van der Waals surface area contributed by atoms with E-state index in [4.69, 9.17) is 18.9 Å². The molecule has 0 radical (unpaired) electrons. The molecule has 0 aromatic carbocycles. The van der Waals surface area contributed by atoms with E-state index in [1.165, 1.54) is 0 Å². The summed E-state index contributed by atoms with van der Waals surface area (Å²) in [7, 11) is 15.3. The number of hydrogen-bond acceptors (Lipinski definition) is 19. The Morgan fingerprint density at radius 2 is 0.680 bits per heavy atom. The van der Waals surface area contributed by atoms with Gasteiger partial charge in [0.25, 0.3) is 0 Å². The van der Waals surface area contributed by atoms with E-state index in [-0.39, 0.29) is 49.6 Å². The van der Waals surface area contributed by atoms with Crippen molar-refractivity contribution >= 4 is 110 Å². The highest BCUT2D eigenvalue weighted by molar-refractivity contribution is 8.77. The van der Waals surface area contributed by atoms with E-state index < -0.39 is 0 Å². The second-order valence-corrected chi connectivity index (χ2v) is 21.3. The fourth-order valence-corrected chi connectivity index (χ4v) is 8.38. The van der Waals surface area contributed by atoms with Gasteiger partial charge in [-0.1, -0.05) is 86.4 Å². The SMILES string of the molecule is CSSCCOC(=O)CCN(CCCN(C)CCCN(CCC(=O)OCCSSC)CCC(=O)OCCSSC)CCC(=O)OCCSSC. The van der Waals surface area contributed by atoms with Gasteiger partial charge in [0.2, 0.25) is 0 Å². The van der Waals surface area contributed by atoms with Crippen LogP contribution in [0.2, 0.25) is 0 Å². The van der Waals surface area contributed by atoms with Crippen LogP contribution in [0.5, 0.6) is 0 Å². The maximum Gasteiger partial charge on any atom is 0.307 e. The van der Waals surface area contributed by atoms with Gasteiger partial charge < -0.3 is 33.6 Å². The average molecular weight is 858 g/mol. The summed E-state index contributed by atoms with van der Waals surface area (Å²) in [4.78, 5) is 55.7. The zero-order chi connectivity index (χ0) is 37.1. The fourth-order valence-electron chi connectivity index (χ4n) is 4.29. The molecule has 0 aliphatic rings. The molecule has 294 valence electrons. The predicted octanol–water partition coefficient (Wildman–Crippen LogP) is 6.08. The summed E-state index contributed by atoms with van der Waals surface area (Å²) in [5.74, 6) is 2.15. The lowest BCUT2D eigenvalue weighted by Crippen LogP contribution is -2.34. The summed E-state index contributed by atoms with van der Waals surface area (Å²) >= 11 is 0. The van der Waals surface area contributed by atoms with Gasteiger partial charge >= 0.3 is 23.9 Å². The summed E-state index contributed by atoms with van der Waals surface area (Å²) in [6.07, 6.45) is 10.9. The summed E-state index contributed by atoms with van der Waals surface area (Å²) in [5, 5.41) is 0. The van der Waals surface area contributed by atoms with Crippen molar-refractivity contribution in [2.45, 2.75) is 38.5 Å². The standard InChI is InChI=1S/C31H59N3O8S8/c1-32(12-6-14-33(16-8-28(35)39-20-24-47-43-2)17-9-29(36)40-21-25-48-44-3)13-7-15-34(18-10-30(37)41-22-26-49-45-4)19-11-31(38)42-23-27-50-46-5/h6-27H2,1-5H3. The molecule has 19 heteroatoms. The molecule has 0 aliphatic carbocycles. The Balaban J connectivity index is 4.82. The molecule has 0 heterocycles. The number of esters is 4. The van der Waals surface area contributed by atoms with Crippen LogP contribution in [0.3, 0.4) is 0 Å². The number of carbonyl (C=O) groups excluding carboxylic acids is 4. The molecular weight excluding hydrogens is 799 g/mol. The van der Waals surface area contributed by atoms with Gasteiger partial charge in [-0.05, 0) is 71.1 Å². The molecule has 0 amide bonds. The van der Waals surface area contributed by atoms with Crippen LogP contribution in [-0.4, -0.2) is 172 Å². The number of ether oxygens (including phenoxy) is 4. The normalized spacial score (nSPS) is 11.4. The minimum atomic E-state index is -0.222. The van der Waals surface area contributed by atoms with Crippen molar-refractivity contribution in [3.8, 4) is 0 Å². The topological polar surface area (TPSA) is 115 Å².